The van der Waals surface area contributed by atoms with Crippen LogP contribution >= 0.6 is 0 Å². The Morgan fingerprint density at radius 3 is 2.56 bits per heavy atom. The van der Waals surface area contributed by atoms with E-state index in [1.54, 1.807) is 38.3 Å². The second-order valence-corrected chi connectivity index (χ2v) is 7.86. The van der Waals surface area contributed by atoms with Gasteiger partial charge in [-0.2, -0.15) is 13.2 Å². The number of likely N-dealkylation sites (N-methyl/N-ethyl adjacent to an activating group) is 1. The molecular weight excluding hydrogens is 476 g/mol. The third kappa shape index (κ3) is 7.20. The van der Waals surface area contributed by atoms with Gasteiger partial charge in [-0.3, -0.25) is 4.79 Å². The van der Waals surface area contributed by atoms with Crippen LogP contribution in [0.3, 0.4) is 0 Å². The summed E-state index contributed by atoms with van der Waals surface area (Å²) >= 11 is 0. The summed E-state index contributed by atoms with van der Waals surface area (Å²) in [5.74, 6) is 4.33. The molecule has 0 bridgehead atoms. The minimum Gasteiger partial charge on any atom is -0.473 e. The van der Waals surface area contributed by atoms with Gasteiger partial charge in [0, 0.05) is 44.2 Å². The van der Waals surface area contributed by atoms with Gasteiger partial charge in [0.1, 0.15) is 12.4 Å². The van der Waals surface area contributed by atoms with E-state index in [0.29, 0.717) is 36.6 Å². The van der Waals surface area contributed by atoms with Gasteiger partial charge in [0.25, 0.3) is 5.91 Å². The Morgan fingerprint density at radius 2 is 1.97 bits per heavy atom. The average Bonchev–Trinajstić information content (AvgIpc) is 2.85. The van der Waals surface area contributed by atoms with E-state index in [4.69, 9.17) is 4.74 Å². The minimum atomic E-state index is -4.71. The van der Waals surface area contributed by atoms with Gasteiger partial charge in [-0.15, -0.1) is 0 Å². The van der Waals surface area contributed by atoms with Crippen molar-refractivity contribution in [3.63, 3.8) is 0 Å². The Kier molecular flexibility index (Phi) is 10.3. The molecule has 0 aromatic carbocycles. The Labute approximate surface area is 209 Å². The number of alkyl halides is 3. The number of rotatable bonds is 9. The fraction of sp³-hybridized carbons (Fsp3) is 0.423. The predicted molar refractivity (Wildman–Crippen MR) is 130 cm³/mol. The van der Waals surface area contributed by atoms with E-state index < -0.39 is 29.5 Å². The molecule has 0 saturated heterocycles. The molecule has 36 heavy (non-hydrogen) atoms. The van der Waals surface area contributed by atoms with Gasteiger partial charge in [-0.25, -0.2) is 14.4 Å². The summed E-state index contributed by atoms with van der Waals surface area (Å²) in [5, 5.41) is 0. The number of nitrogens with zero attached hydrogens (tertiary/aromatic N) is 4. The molecule has 2 aromatic rings. The first kappa shape index (κ1) is 28.6. The van der Waals surface area contributed by atoms with E-state index in [2.05, 4.69) is 21.8 Å². The molecule has 2 heterocycles. The molecule has 0 aliphatic heterocycles. The lowest BCUT2D eigenvalue weighted by Gasteiger charge is -2.30. The number of ether oxygens (including phenoxy) is 1. The van der Waals surface area contributed by atoms with Crippen LogP contribution in [0.5, 0.6) is 5.88 Å². The van der Waals surface area contributed by atoms with Crippen molar-refractivity contribution in [2.75, 3.05) is 25.1 Å². The second-order valence-electron chi connectivity index (χ2n) is 7.86. The van der Waals surface area contributed by atoms with Crippen molar-refractivity contribution in [2.24, 2.45) is 0 Å². The van der Waals surface area contributed by atoms with E-state index in [1.807, 2.05) is 25.8 Å². The van der Waals surface area contributed by atoms with E-state index in [9.17, 15) is 22.4 Å². The normalized spacial score (nSPS) is 12.4. The molecule has 194 valence electrons. The van der Waals surface area contributed by atoms with E-state index in [0.717, 1.165) is 12.1 Å². The summed E-state index contributed by atoms with van der Waals surface area (Å²) in [7, 11) is 1.81. The van der Waals surface area contributed by atoms with Crippen LogP contribution in [0.1, 0.15) is 56.5 Å². The number of hydrogen-bond acceptors (Lipinski definition) is 5. The van der Waals surface area contributed by atoms with Crippen molar-refractivity contribution in [1.29, 1.82) is 0 Å². The SMILES string of the molecule is CCC#C/C=C(/CC)N(C)c1ncccc1C(=O)N(CC)C(C)COc1ncc(C(F)(F)F)cc1F. The molecule has 1 unspecified atom stereocenters. The van der Waals surface area contributed by atoms with Gasteiger partial charge in [0.2, 0.25) is 5.88 Å². The van der Waals surface area contributed by atoms with Gasteiger partial charge < -0.3 is 14.5 Å². The van der Waals surface area contributed by atoms with E-state index >= 15 is 0 Å². The molecule has 0 saturated carbocycles. The Morgan fingerprint density at radius 1 is 1.25 bits per heavy atom. The zero-order valence-corrected chi connectivity index (χ0v) is 21.0. The number of halogens is 4. The number of carbonyl (C=O) groups excluding carboxylic acids is 1. The summed E-state index contributed by atoms with van der Waals surface area (Å²) in [6.45, 7) is 7.55. The van der Waals surface area contributed by atoms with Gasteiger partial charge >= 0.3 is 6.18 Å². The van der Waals surface area contributed by atoms with E-state index in [-0.39, 0.29) is 12.5 Å². The first-order valence-corrected chi connectivity index (χ1v) is 11.6. The lowest BCUT2D eigenvalue weighted by Crippen LogP contribution is -2.42. The number of anilines is 1. The van der Waals surface area contributed by atoms with Crippen LogP contribution in [0.2, 0.25) is 0 Å². The maximum atomic E-state index is 14.1. The number of allylic oxidation sites excluding steroid dienone is 2. The maximum Gasteiger partial charge on any atom is 0.417 e. The largest absolute Gasteiger partial charge is 0.473 e. The van der Waals surface area contributed by atoms with Crippen LogP contribution in [0.4, 0.5) is 23.4 Å². The standard InChI is InChI=1S/C26H30F4N4O2/c1-6-9-10-12-20(7-2)33(5)23-21(13-11-14-31-23)25(35)34(8-3)18(4)17-36-24-22(27)15-19(16-32-24)26(28,29)30/h11-16,18H,6-8,17H2,1-5H3/b20-12-. The highest BCUT2D eigenvalue weighted by atomic mass is 19.4. The molecular formula is C26H30F4N4O2. The van der Waals surface area contributed by atoms with E-state index in [1.165, 1.54) is 4.90 Å². The van der Waals surface area contributed by atoms with Crippen molar-refractivity contribution in [1.82, 2.24) is 14.9 Å². The van der Waals surface area contributed by atoms with Crippen molar-refractivity contribution < 1.29 is 27.1 Å². The molecule has 0 aliphatic carbocycles. The summed E-state index contributed by atoms with van der Waals surface area (Å²) < 4.78 is 57.7. The highest BCUT2D eigenvalue weighted by Crippen LogP contribution is 2.30. The van der Waals surface area contributed by atoms with Crippen LogP contribution in [-0.2, 0) is 6.18 Å². The molecule has 0 radical (unpaired) electrons. The number of amides is 1. The Balaban J connectivity index is 2.23. The van der Waals surface area contributed by atoms with Crippen molar-refractivity contribution >= 4 is 11.7 Å². The molecule has 1 atom stereocenters. The fourth-order valence-electron chi connectivity index (χ4n) is 3.43. The van der Waals surface area contributed by atoms with Gasteiger partial charge in [-0.05, 0) is 38.5 Å². The second kappa shape index (κ2) is 12.9. The van der Waals surface area contributed by atoms with Crippen molar-refractivity contribution in [2.45, 2.75) is 52.8 Å². The smallest absolute Gasteiger partial charge is 0.417 e. The average molecular weight is 507 g/mol. The lowest BCUT2D eigenvalue weighted by molar-refractivity contribution is -0.138. The summed E-state index contributed by atoms with van der Waals surface area (Å²) in [6, 6.07) is 3.12. The first-order valence-electron chi connectivity index (χ1n) is 11.6. The monoisotopic (exact) mass is 506 g/mol. The Hall–Kier alpha value is -3.61. The number of pyridine rings is 2. The summed E-state index contributed by atoms with van der Waals surface area (Å²) in [4.78, 5) is 24.7. The molecule has 0 N–H and O–H groups in total. The Bertz CT molecular complexity index is 1140. The van der Waals surface area contributed by atoms with Gasteiger partial charge in [0.05, 0.1) is 17.2 Å². The van der Waals surface area contributed by atoms with Crippen LogP contribution in [0.15, 0.2) is 42.4 Å². The summed E-state index contributed by atoms with van der Waals surface area (Å²) in [5.41, 5.74) is 0.0301. The third-order valence-corrected chi connectivity index (χ3v) is 5.38. The van der Waals surface area contributed by atoms with Crippen LogP contribution in [-0.4, -0.2) is 47.0 Å². The molecule has 6 nitrogen and oxygen atoms in total. The maximum absolute atomic E-state index is 14.1. The van der Waals surface area contributed by atoms with Crippen LogP contribution in [0.25, 0.3) is 0 Å². The molecule has 2 aromatic heterocycles. The third-order valence-electron chi connectivity index (χ3n) is 5.38. The number of carbonyl (C=O) groups is 1. The quantitative estimate of drug-likeness (QED) is 0.322. The zero-order valence-electron chi connectivity index (χ0n) is 21.0. The molecule has 0 aliphatic rings. The molecule has 0 fully saturated rings. The number of aromatic nitrogens is 2. The first-order chi connectivity index (χ1) is 17.0. The lowest BCUT2D eigenvalue weighted by atomic mass is 10.1. The van der Waals surface area contributed by atoms with Crippen molar-refractivity contribution in [3.8, 4) is 17.7 Å². The fourth-order valence-corrected chi connectivity index (χ4v) is 3.43. The van der Waals surface area contributed by atoms with Gasteiger partial charge in [-0.1, -0.05) is 25.7 Å². The molecule has 0 spiro atoms. The van der Waals surface area contributed by atoms with Crippen molar-refractivity contribution in [3.05, 3.63) is 59.3 Å². The highest BCUT2D eigenvalue weighted by Gasteiger charge is 2.32. The summed E-state index contributed by atoms with van der Waals surface area (Å²) in [6.07, 6.45) is 0.582. The molecule has 10 heteroatoms. The predicted octanol–water partition coefficient (Wildman–Crippen LogP) is 5.71. The number of hydrogen-bond donors (Lipinski definition) is 0. The topological polar surface area (TPSA) is 58.6 Å². The van der Waals surface area contributed by atoms with Crippen LogP contribution in [0, 0.1) is 17.7 Å². The molecule has 2 rings (SSSR count). The van der Waals surface area contributed by atoms with Gasteiger partial charge in [0.15, 0.2) is 5.82 Å². The highest BCUT2D eigenvalue weighted by molar-refractivity contribution is 5.99. The molecule has 1 amide bonds. The van der Waals surface area contributed by atoms with Crippen LogP contribution < -0.4 is 9.64 Å². The minimum absolute atomic E-state index is 0.174. The zero-order chi connectivity index (χ0) is 26.9.